The first-order valence-corrected chi connectivity index (χ1v) is 8.03. The van der Waals surface area contributed by atoms with Crippen molar-refractivity contribution < 1.29 is 18.2 Å². The third-order valence-corrected chi connectivity index (χ3v) is 2.77. The normalized spacial score (nSPS) is 11.7. The van der Waals surface area contributed by atoms with Crippen molar-refractivity contribution in [3.05, 3.63) is 29.3 Å². The molecule has 0 spiro atoms. The summed E-state index contributed by atoms with van der Waals surface area (Å²) in [5.41, 5.74) is 4.18. The predicted molar refractivity (Wildman–Crippen MR) is 78.1 cm³/mol. The molecule has 0 unspecified atom stereocenters. The van der Waals surface area contributed by atoms with Crippen molar-refractivity contribution in [1.82, 2.24) is 0 Å². The van der Waals surface area contributed by atoms with Gasteiger partial charge in [0, 0.05) is 7.05 Å². The zero-order valence-electron chi connectivity index (χ0n) is 12.3. The molecule has 0 aliphatic heterocycles. The van der Waals surface area contributed by atoms with Crippen LogP contribution >= 0.6 is 9.53 Å². The van der Waals surface area contributed by atoms with E-state index in [0.717, 1.165) is 0 Å². The summed E-state index contributed by atoms with van der Waals surface area (Å²) in [6, 6.07) is 7.54. The maximum atomic E-state index is 4.49. The van der Waals surface area contributed by atoms with Crippen molar-refractivity contribution in [2.24, 2.45) is 0 Å². The van der Waals surface area contributed by atoms with Gasteiger partial charge in [-0.15, -0.1) is 11.6 Å². The van der Waals surface area contributed by atoms with E-state index in [9.17, 15) is 0 Å². The molecule has 0 atom stereocenters. The van der Waals surface area contributed by atoms with Crippen LogP contribution in [0, 0.1) is 6.07 Å². The number of hydrogen-bond acceptors (Lipinski definition) is 1. The first-order chi connectivity index (χ1) is 8.18. The van der Waals surface area contributed by atoms with E-state index in [1.807, 2.05) is 13.1 Å². The summed E-state index contributed by atoms with van der Waals surface area (Å²) in [5.74, 6) is 0. The molecule has 0 radical (unpaired) electrons. The first kappa shape index (κ1) is 18.0. The fourth-order valence-corrected chi connectivity index (χ4v) is 2.08. The van der Waals surface area contributed by atoms with E-state index < -0.39 is 0 Å². The Labute approximate surface area is 127 Å². The van der Waals surface area contributed by atoms with Gasteiger partial charge in [-0.3, -0.25) is 0 Å². The molecular formula is C15H24ClNPd. The predicted octanol–water partition coefficient (Wildman–Crippen LogP) is 4.81. The van der Waals surface area contributed by atoms with Gasteiger partial charge in [-0.25, -0.2) is 0 Å². The van der Waals surface area contributed by atoms with Crippen LogP contribution in [0.15, 0.2) is 12.1 Å². The summed E-state index contributed by atoms with van der Waals surface area (Å²) < 4.78 is 0. The van der Waals surface area contributed by atoms with Crippen LogP contribution in [0.1, 0.15) is 52.7 Å². The van der Waals surface area contributed by atoms with Crippen LogP contribution in [-0.4, -0.2) is 7.05 Å². The van der Waals surface area contributed by atoms with Crippen LogP contribution in [-0.2, 0) is 29.0 Å². The van der Waals surface area contributed by atoms with Gasteiger partial charge in [0.15, 0.2) is 0 Å². The van der Waals surface area contributed by atoms with Crippen LogP contribution in [0.5, 0.6) is 0 Å². The van der Waals surface area contributed by atoms with Crippen LogP contribution in [0.25, 0.3) is 0 Å². The van der Waals surface area contributed by atoms with E-state index in [1.54, 1.807) is 0 Å². The van der Waals surface area contributed by atoms with Gasteiger partial charge in [-0.2, -0.15) is 17.7 Å². The summed E-state index contributed by atoms with van der Waals surface area (Å²) >= 11 is 2.22. The minimum atomic E-state index is 0.134. The molecule has 0 heterocycles. The van der Waals surface area contributed by atoms with Crippen molar-refractivity contribution in [3.8, 4) is 0 Å². The third kappa shape index (κ3) is 4.58. The molecule has 1 rings (SSSR count). The van der Waals surface area contributed by atoms with Crippen molar-refractivity contribution in [3.63, 3.8) is 0 Å². The van der Waals surface area contributed by atoms with E-state index in [1.165, 1.54) is 16.8 Å². The van der Waals surface area contributed by atoms with Gasteiger partial charge < -0.3 is 5.32 Å². The molecule has 1 aromatic rings. The van der Waals surface area contributed by atoms with Crippen LogP contribution < -0.4 is 5.32 Å². The van der Waals surface area contributed by atoms with Crippen molar-refractivity contribution >= 4 is 15.2 Å². The van der Waals surface area contributed by atoms with E-state index in [4.69, 9.17) is 0 Å². The average Bonchev–Trinajstić information content (AvgIpc) is 2.28. The number of anilines is 1. The Kier molecular flexibility index (Phi) is 6.93. The number of benzene rings is 1. The molecule has 1 nitrogen and oxygen atoms in total. The Balaban J connectivity index is 0.00000137. The molecule has 0 saturated heterocycles. The molecule has 0 aliphatic rings. The van der Waals surface area contributed by atoms with Gasteiger partial charge in [0.05, 0.1) is 0 Å². The van der Waals surface area contributed by atoms with E-state index in [2.05, 4.69) is 86.7 Å². The van der Waals surface area contributed by atoms with Crippen molar-refractivity contribution in [1.29, 1.82) is 0 Å². The van der Waals surface area contributed by atoms with E-state index in [-0.39, 0.29) is 10.8 Å². The molecule has 1 N–H and O–H groups in total. The molecule has 0 amide bonds. The summed E-state index contributed by atoms with van der Waals surface area (Å²) in [4.78, 5) is 0. The van der Waals surface area contributed by atoms with Gasteiger partial charge in [-0.05, 0) is 5.41 Å². The van der Waals surface area contributed by atoms with Crippen LogP contribution in [0.2, 0.25) is 0 Å². The second-order valence-electron chi connectivity index (χ2n) is 6.39. The van der Waals surface area contributed by atoms with Crippen LogP contribution in [0.4, 0.5) is 5.69 Å². The van der Waals surface area contributed by atoms with E-state index >= 15 is 0 Å². The number of hydrogen-bond donors (Lipinski definition) is 1. The standard InChI is InChI=1S/C15H24N.ClH.Pd/c1-14(2,3)11-9-8-10-12(16-7)13(11)15(4,5)6;;/h8,10,16H,1-7H3;1H;/q-1;;+2/p-1. The second-order valence-corrected chi connectivity index (χ2v) is 6.39. The summed E-state index contributed by atoms with van der Waals surface area (Å²) in [6.07, 6.45) is 0. The Bertz CT molecular complexity index is 375. The molecule has 0 fully saturated rings. The first-order valence-electron chi connectivity index (χ1n) is 6.03. The SMILES string of the molecule is CNc1cc[c-]c(C(C)(C)C)c1C(C)(C)C.[Cl][Pd+]. The van der Waals surface area contributed by atoms with Gasteiger partial charge in [0.25, 0.3) is 0 Å². The maximum absolute atomic E-state index is 4.49. The second kappa shape index (κ2) is 6.94. The number of rotatable bonds is 1. The fraction of sp³-hybridized carbons (Fsp3) is 0.600. The average molecular weight is 360 g/mol. The van der Waals surface area contributed by atoms with Gasteiger partial charge in [-0.1, -0.05) is 52.6 Å². The molecule has 18 heavy (non-hydrogen) atoms. The van der Waals surface area contributed by atoms with Gasteiger partial charge in [0.2, 0.25) is 0 Å². The molecule has 1 aromatic carbocycles. The molecule has 0 bridgehead atoms. The van der Waals surface area contributed by atoms with Crippen molar-refractivity contribution in [2.45, 2.75) is 52.4 Å². The van der Waals surface area contributed by atoms with Gasteiger partial charge in [0.1, 0.15) is 0 Å². The molecule has 0 saturated carbocycles. The van der Waals surface area contributed by atoms with Gasteiger partial charge >= 0.3 is 27.7 Å². The quantitative estimate of drug-likeness (QED) is 0.560. The fourth-order valence-electron chi connectivity index (χ4n) is 2.08. The number of halogens is 1. The van der Waals surface area contributed by atoms with E-state index in [0.29, 0.717) is 0 Å². The minimum absolute atomic E-state index is 0.134. The number of nitrogens with one attached hydrogen (secondary N) is 1. The molecule has 0 aromatic heterocycles. The van der Waals surface area contributed by atoms with Crippen LogP contribution in [0.3, 0.4) is 0 Å². The zero-order valence-corrected chi connectivity index (χ0v) is 14.7. The zero-order chi connectivity index (χ0) is 14.6. The Hall–Kier alpha value is -0.0277. The summed E-state index contributed by atoms with van der Waals surface area (Å²) in [6.45, 7) is 13.5. The third-order valence-electron chi connectivity index (χ3n) is 2.77. The molecular weight excluding hydrogens is 336 g/mol. The summed E-state index contributed by atoms with van der Waals surface area (Å²) in [5, 5.41) is 3.29. The molecule has 0 aliphatic carbocycles. The Morgan fingerprint density at radius 3 is 1.89 bits per heavy atom. The van der Waals surface area contributed by atoms with Crippen molar-refractivity contribution in [2.75, 3.05) is 12.4 Å². The summed E-state index contributed by atoms with van der Waals surface area (Å²) in [7, 11) is 6.47. The Morgan fingerprint density at radius 2 is 1.56 bits per heavy atom. The molecule has 106 valence electrons. The Morgan fingerprint density at radius 1 is 1.06 bits per heavy atom. The monoisotopic (exact) mass is 359 g/mol. The topological polar surface area (TPSA) is 12.0 Å². The molecule has 3 heteroatoms.